The van der Waals surface area contributed by atoms with Gasteiger partial charge in [-0.25, -0.2) is 15.1 Å². The maximum Gasteiger partial charge on any atom is 0.447 e. The fraction of sp³-hybridized carbons (Fsp3) is 0.222. The van der Waals surface area contributed by atoms with Gasteiger partial charge in [0, 0.05) is 5.56 Å². The number of hydrogen-bond acceptors (Lipinski definition) is 5. The number of nitrogens with two attached hydrogens (primary N) is 1. The summed E-state index contributed by atoms with van der Waals surface area (Å²) in [5.74, 6) is -4.75. The number of alkyl halides is 3. The van der Waals surface area contributed by atoms with Gasteiger partial charge in [0.15, 0.2) is 5.03 Å². The third kappa shape index (κ3) is 3.55. The average molecular weight is 294 g/mol. The first kappa shape index (κ1) is 15.7. The number of rotatable bonds is 3. The predicted octanol–water partition coefficient (Wildman–Crippen LogP) is 0.114. The van der Waals surface area contributed by atoms with Crippen molar-refractivity contribution < 1.29 is 28.4 Å². The zero-order valence-corrected chi connectivity index (χ0v) is 9.63. The van der Waals surface area contributed by atoms with Gasteiger partial charge in [-0.05, 0) is 12.1 Å². The third-order valence-electron chi connectivity index (χ3n) is 2.10. The summed E-state index contributed by atoms with van der Waals surface area (Å²) in [4.78, 5) is 13.5. The molecule has 0 unspecified atom stereocenters. The van der Waals surface area contributed by atoms with Crippen molar-refractivity contribution in [2.75, 3.05) is 0 Å². The van der Waals surface area contributed by atoms with Gasteiger partial charge in [-0.15, -0.1) is 0 Å². The van der Waals surface area contributed by atoms with E-state index >= 15 is 0 Å². The van der Waals surface area contributed by atoms with Gasteiger partial charge in [0.1, 0.15) is 0 Å². The van der Waals surface area contributed by atoms with E-state index in [-0.39, 0.29) is 5.69 Å². The highest BCUT2D eigenvalue weighted by atomic mass is 19.4. The molecule has 0 aliphatic carbocycles. The molecular weight excluding hydrogens is 285 g/mol. The Morgan fingerprint density at radius 3 is 2.50 bits per heavy atom. The van der Waals surface area contributed by atoms with Crippen molar-refractivity contribution in [2.45, 2.75) is 12.0 Å². The number of hydrogen-bond donors (Lipinski definition) is 4. The first-order valence-corrected chi connectivity index (χ1v) is 4.91. The monoisotopic (exact) mass is 294 g/mol. The van der Waals surface area contributed by atoms with Crippen LogP contribution in [-0.4, -0.2) is 27.4 Å². The van der Waals surface area contributed by atoms with Gasteiger partial charge in [0.05, 0.1) is 5.69 Å². The SMILES string of the molecule is NC(=Nc1cccc(C(O)(O)C(F)(F)F)c1)N[N+](=O)[O-]. The van der Waals surface area contributed by atoms with E-state index < -0.39 is 28.5 Å². The molecule has 0 saturated heterocycles. The van der Waals surface area contributed by atoms with E-state index in [0.29, 0.717) is 6.07 Å². The number of nitrogens with zero attached hydrogens (tertiary/aromatic N) is 2. The first-order valence-electron chi connectivity index (χ1n) is 4.91. The highest BCUT2D eigenvalue weighted by molar-refractivity contribution is 5.79. The molecule has 0 heterocycles. The quantitative estimate of drug-likeness (QED) is 0.205. The Bertz CT molecular complexity index is 544. The van der Waals surface area contributed by atoms with Gasteiger partial charge >= 0.3 is 6.18 Å². The van der Waals surface area contributed by atoms with Crippen LogP contribution in [0.1, 0.15) is 5.56 Å². The summed E-state index contributed by atoms with van der Waals surface area (Å²) in [5, 5.41) is 27.2. The number of nitrogens with one attached hydrogen (secondary N) is 1. The van der Waals surface area contributed by atoms with E-state index in [1.54, 1.807) is 0 Å². The minimum absolute atomic E-state index is 0.230. The highest BCUT2D eigenvalue weighted by Crippen LogP contribution is 2.37. The number of halogens is 3. The predicted molar refractivity (Wildman–Crippen MR) is 60.0 cm³/mol. The molecule has 1 aromatic rings. The van der Waals surface area contributed by atoms with Crippen LogP contribution in [0, 0.1) is 10.1 Å². The Morgan fingerprint density at radius 2 is 2.00 bits per heavy atom. The molecule has 5 N–H and O–H groups in total. The Morgan fingerprint density at radius 1 is 1.40 bits per heavy atom. The molecule has 0 spiro atoms. The first-order chi connectivity index (χ1) is 9.04. The Hall–Kier alpha value is -2.40. The lowest BCUT2D eigenvalue weighted by atomic mass is 10.1. The molecule has 0 saturated carbocycles. The van der Waals surface area contributed by atoms with Crippen LogP contribution in [0.25, 0.3) is 0 Å². The average Bonchev–Trinajstić information content (AvgIpc) is 2.26. The van der Waals surface area contributed by atoms with Crippen LogP contribution in [-0.2, 0) is 5.79 Å². The van der Waals surface area contributed by atoms with Crippen LogP contribution < -0.4 is 11.2 Å². The van der Waals surface area contributed by atoms with E-state index in [1.165, 1.54) is 11.5 Å². The van der Waals surface area contributed by atoms with Crippen molar-refractivity contribution >= 4 is 11.6 Å². The molecule has 0 bridgehead atoms. The van der Waals surface area contributed by atoms with Crippen molar-refractivity contribution in [3.63, 3.8) is 0 Å². The molecule has 0 aliphatic rings. The summed E-state index contributed by atoms with van der Waals surface area (Å²) >= 11 is 0. The molecule has 0 amide bonds. The fourth-order valence-electron chi connectivity index (χ4n) is 1.21. The van der Waals surface area contributed by atoms with E-state index in [4.69, 9.17) is 15.9 Å². The third-order valence-corrected chi connectivity index (χ3v) is 2.10. The zero-order valence-electron chi connectivity index (χ0n) is 9.63. The lowest BCUT2D eigenvalue weighted by molar-refractivity contribution is -0.525. The van der Waals surface area contributed by atoms with E-state index in [1.807, 2.05) is 0 Å². The summed E-state index contributed by atoms with van der Waals surface area (Å²) < 4.78 is 37.3. The fourth-order valence-corrected chi connectivity index (χ4v) is 1.21. The number of guanidine groups is 1. The summed E-state index contributed by atoms with van der Waals surface area (Å²) in [5.41, 5.74) is 5.45. The van der Waals surface area contributed by atoms with Crippen LogP contribution in [0.3, 0.4) is 0 Å². The van der Waals surface area contributed by atoms with Gasteiger partial charge in [-0.3, -0.25) is 0 Å². The number of nitro groups is 1. The lowest BCUT2D eigenvalue weighted by Gasteiger charge is -2.24. The van der Waals surface area contributed by atoms with Gasteiger partial charge in [0.2, 0.25) is 0 Å². The van der Waals surface area contributed by atoms with Gasteiger partial charge in [-0.1, -0.05) is 17.6 Å². The number of aliphatic hydroxyl groups is 2. The van der Waals surface area contributed by atoms with Crippen molar-refractivity contribution in [1.82, 2.24) is 5.43 Å². The standard InChI is InChI=1S/C9H9F3N4O4/c10-9(11,12)8(17,18)5-2-1-3-6(4-5)14-7(13)15-16(19)20/h1-4,17-18H,(H3,13,14,15). The van der Waals surface area contributed by atoms with E-state index in [2.05, 4.69) is 4.99 Å². The second-order valence-corrected chi connectivity index (χ2v) is 3.59. The van der Waals surface area contributed by atoms with Crippen molar-refractivity contribution in [1.29, 1.82) is 0 Å². The summed E-state index contributed by atoms with van der Waals surface area (Å²) in [6.45, 7) is 0. The Labute approximate surface area is 109 Å². The van der Waals surface area contributed by atoms with E-state index in [0.717, 1.165) is 12.1 Å². The molecule has 1 rings (SSSR count). The molecule has 0 atom stereocenters. The molecule has 11 heteroatoms. The van der Waals surface area contributed by atoms with Crippen molar-refractivity contribution in [3.05, 3.63) is 39.9 Å². The van der Waals surface area contributed by atoms with Crippen molar-refractivity contribution in [3.8, 4) is 0 Å². The summed E-state index contributed by atoms with van der Waals surface area (Å²) in [7, 11) is 0. The molecule has 0 aliphatic heterocycles. The number of hydrazine groups is 1. The second kappa shape index (κ2) is 5.30. The highest BCUT2D eigenvalue weighted by Gasteiger charge is 2.54. The minimum atomic E-state index is -5.32. The van der Waals surface area contributed by atoms with Crippen LogP contribution in [0.2, 0.25) is 0 Å². The maximum atomic E-state index is 12.4. The van der Waals surface area contributed by atoms with E-state index in [9.17, 15) is 23.3 Å². The smallest absolute Gasteiger partial charge is 0.365 e. The largest absolute Gasteiger partial charge is 0.447 e. The van der Waals surface area contributed by atoms with Crippen LogP contribution in [0.4, 0.5) is 18.9 Å². The topological polar surface area (TPSA) is 134 Å². The number of benzene rings is 1. The van der Waals surface area contributed by atoms with Crippen LogP contribution in [0.15, 0.2) is 29.3 Å². The molecule has 0 fully saturated rings. The summed E-state index contributed by atoms with van der Waals surface area (Å²) in [6.07, 6.45) is -5.32. The zero-order chi connectivity index (χ0) is 15.6. The van der Waals surface area contributed by atoms with Crippen LogP contribution >= 0.6 is 0 Å². The Kier molecular flexibility index (Phi) is 4.15. The van der Waals surface area contributed by atoms with Gasteiger partial charge in [-0.2, -0.15) is 13.2 Å². The van der Waals surface area contributed by atoms with Gasteiger partial charge in [0.25, 0.3) is 11.7 Å². The normalized spacial score (nSPS) is 13.2. The maximum absolute atomic E-state index is 12.4. The van der Waals surface area contributed by atoms with Gasteiger partial charge < -0.3 is 15.9 Å². The number of aliphatic imine (C=N–C) groups is 1. The van der Waals surface area contributed by atoms with Crippen LogP contribution in [0.5, 0.6) is 0 Å². The Balaban J connectivity index is 3.12. The summed E-state index contributed by atoms with van der Waals surface area (Å²) in [6, 6.07) is 3.72. The minimum Gasteiger partial charge on any atom is -0.365 e. The molecule has 20 heavy (non-hydrogen) atoms. The lowest BCUT2D eigenvalue weighted by Crippen LogP contribution is -2.42. The molecule has 1 aromatic carbocycles. The molecule has 110 valence electrons. The molecule has 0 radical (unpaired) electrons. The molecule has 8 nitrogen and oxygen atoms in total. The second-order valence-electron chi connectivity index (χ2n) is 3.59. The molecular formula is C9H9F3N4O4. The van der Waals surface area contributed by atoms with Crippen molar-refractivity contribution in [2.24, 2.45) is 10.7 Å². The molecule has 0 aromatic heterocycles.